The second-order valence-electron chi connectivity index (χ2n) is 3.27. The molecule has 0 radical (unpaired) electrons. The maximum Gasteiger partial charge on any atom is 0.219 e. The summed E-state index contributed by atoms with van der Waals surface area (Å²) in [6.45, 7) is -1.60. The third-order valence-electron chi connectivity index (χ3n) is 2.28. The topological polar surface area (TPSA) is 131 Å². The fraction of sp³-hybridized carbons (Fsp3) is 1.00. The van der Waals surface area contributed by atoms with Gasteiger partial charge in [-0.25, -0.2) is 0 Å². The maximum atomic E-state index is 9.43. The normalized spacial score (nSPS) is 49.3. The van der Waals surface area contributed by atoms with Gasteiger partial charge < -0.3 is 35.4 Å². The van der Waals surface area contributed by atoms with Crippen molar-refractivity contribution < 1.29 is 35.4 Å². The van der Waals surface area contributed by atoms with Crippen LogP contribution in [-0.2, 0) is 4.74 Å². The van der Waals surface area contributed by atoms with E-state index < -0.39 is 43.4 Å². The van der Waals surface area contributed by atoms with Crippen molar-refractivity contribution in [2.45, 2.75) is 30.2 Å². The van der Waals surface area contributed by atoms with Crippen molar-refractivity contribution >= 4 is 0 Å². The van der Waals surface area contributed by atoms with E-state index in [-0.39, 0.29) is 0 Å². The third-order valence-corrected chi connectivity index (χ3v) is 2.28. The number of rotatable bonds is 2. The van der Waals surface area contributed by atoms with Gasteiger partial charge in [0, 0.05) is 0 Å². The van der Waals surface area contributed by atoms with Gasteiger partial charge in [-0.1, -0.05) is 0 Å². The molecular formula is C7H14O7. The molecule has 1 heterocycles. The molecule has 0 saturated carbocycles. The Hall–Kier alpha value is -0.280. The molecule has 1 aliphatic heterocycles. The number of aliphatic hydroxyl groups is 6. The molecule has 1 rings (SSSR count). The zero-order valence-electron chi connectivity index (χ0n) is 7.32. The first kappa shape index (κ1) is 11.8. The Balaban J connectivity index is 2.84. The molecule has 0 aromatic rings. The van der Waals surface area contributed by atoms with E-state index in [9.17, 15) is 20.4 Å². The van der Waals surface area contributed by atoms with Crippen molar-refractivity contribution in [1.29, 1.82) is 0 Å². The second kappa shape index (κ2) is 4.07. The van der Waals surface area contributed by atoms with Gasteiger partial charge in [0.2, 0.25) is 5.79 Å². The first-order valence-electron chi connectivity index (χ1n) is 4.12. The molecule has 0 bridgehead atoms. The molecule has 5 atom stereocenters. The summed E-state index contributed by atoms with van der Waals surface area (Å²) in [6.07, 6.45) is -6.27. The quantitative estimate of drug-likeness (QED) is 0.275. The lowest BCUT2D eigenvalue weighted by atomic mass is 9.93. The summed E-state index contributed by atoms with van der Waals surface area (Å²) in [7, 11) is 0. The van der Waals surface area contributed by atoms with Crippen LogP contribution in [0, 0.1) is 0 Å². The summed E-state index contributed by atoms with van der Waals surface area (Å²) in [4.78, 5) is 0. The van der Waals surface area contributed by atoms with Gasteiger partial charge >= 0.3 is 0 Å². The molecule has 0 aromatic heterocycles. The standard InChI is InChI=1S/C7H14O7/c8-1-3-4(10)5(11)6(12)7(13,2-9)14-3/h3-6,8-13H,1-2H2/t3?,4-,5?,6?,7+/m1/s1. The van der Waals surface area contributed by atoms with Gasteiger partial charge in [0.25, 0.3) is 0 Å². The van der Waals surface area contributed by atoms with Crippen LogP contribution in [0.5, 0.6) is 0 Å². The van der Waals surface area contributed by atoms with Crippen LogP contribution in [-0.4, -0.2) is 74.1 Å². The fourth-order valence-corrected chi connectivity index (χ4v) is 1.35. The summed E-state index contributed by atoms with van der Waals surface area (Å²) in [6, 6.07) is 0. The van der Waals surface area contributed by atoms with Crippen LogP contribution < -0.4 is 0 Å². The lowest BCUT2D eigenvalue weighted by Crippen LogP contribution is -2.66. The molecule has 0 aromatic carbocycles. The molecule has 7 nitrogen and oxygen atoms in total. The van der Waals surface area contributed by atoms with Gasteiger partial charge in [-0.15, -0.1) is 0 Å². The van der Waals surface area contributed by atoms with Gasteiger partial charge in [-0.05, 0) is 0 Å². The summed E-state index contributed by atoms with van der Waals surface area (Å²) >= 11 is 0. The van der Waals surface area contributed by atoms with Gasteiger partial charge in [-0.2, -0.15) is 0 Å². The highest BCUT2D eigenvalue weighted by Crippen LogP contribution is 2.27. The maximum absolute atomic E-state index is 9.43. The summed E-state index contributed by atoms with van der Waals surface area (Å²) < 4.78 is 4.66. The molecule has 6 N–H and O–H groups in total. The van der Waals surface area contributed by atoms with E-state index in [4.69, 9.17) is 10.2 Å². The Kier molecular flexibility index (Phi) is 3.43. The van der Waals surface area contributed by atoms with E-state index in [0.717, 1.165) is 0 Å². The molecule has 14 heavy (non-hydrogen) atoms. The van der Waals surface area contributed by atoms with Crippen LogP contribution >= 0.6 is 0 Å². The SMILES string of the molecule is OCC1O[C@@](O)(CO)C(O)C(O)[C@@H]1O. The van der Waals surface area contributed by atoms with E-state index >= 15 is 0 Å². The Bertz CT molecular complexity index is 196. The molecular weight excluding hydrogens is 196 g/mol. The molecule has 0 aliphatic carbocycles. The van der Waals surface area contributed by atoms with E-state index in [1.54, 1.807) is 0 Å². The van der Waals surface area contributed by atoms with Gasteiger partial charge in [-0.3, -0.25) is 0 Å². The Morgan fingerprint density at radius 3 is 2.07 bits per heavy atom. The molecule has 7 heteroatoms. The predicted molar refractivity (Wildman–Crippen MR) is 42.0 cm³/mol. The minimum atomic E-state index is -2.36. The fourth-order valence-electron chi connectivity index (χ4n) is 1.35. The van der Waals surface area contributed by atoms with Crippen LogP contribution in [0.15, 0.2) is 0 Å². The Labute approximate surface area is 79.8 Å². The monoisotopic (exact) mass is 210 g/mol. The van der Waals surface area contributed by atoms with Crippen molar-refractivity contribution in [1.82, 2.24) is 0 Å². The zero-order chi connectivity index (χ0) is 10.9. The average molecular weight is 210 g/mol. The van der Waals surface area contributed by atoms with Crippen molar-refractivity contribution in [2.75, 3.05) is 13.2 Å². The molecule has 1 fully saturated rings. The van der Waals surface area contributed by atoms with Crippen LogP contribution in [0.3, 0.4) is 0 Å². The minimum absolute atomic E-state index is 0.646. The van der Waals surface area contributed by atoms with Crippen molar-refractivity contribution in [3.63, 3.8) is 0 Å². The van der Waals surface area contributed by atoms with E-state index in [2.05, 4.69) is 4.74 Å². The first-order valence-corrected chi connectivity index (χ1v) is 4.12. The predicted octanol–water partition coefficient (Wildman–Crippen LogP) is -3.86. The minimum Gasteiger partial charge on any atom is -0.394 e. The molecule has 0 amide bonds. The van der Waals surface area contributed by atoms with Crippen LogP contribution in [0.1, 0.15) is 0 Å². The number of ether oxygens (including phenoxy) is 1. The molecule has 3 unspecified atom stereocenters. The van der Waals surface area contributed by atoms with E-state index in [1.165, 1.54) is 0 Å². The number of aliphatic hydroxyl groups excluding tert-OH is 5. The Morgan fingerprint density at radius 1 is 1.07 bits per heavy atom. The van der Waals surface area contributed by atoms with E-state index in [0.29, 0.717) is 0 Å². The third kappa shape index (κ3) is 1.75. The number of hydrogen-bond donors (Lipinski definition) is 6. The zero-order valence-corrected chi connectivity index (χ0v) is 7.32. The van der Waals surface area contributed by atoms with Crippen molar-refractivity contribution in [2.24, 2.45) is 0 Å². The highest BCUT2D eigenvalue weighted by Gasteiger charge is 2.52. The van der Waals surface area contributed by atoms with Crippen LogP contribution in [0.4, 0.5) is 0 Å². The lowest BCUT2D eigenvalue weighted by molar-refractivity contribution is -0.357. The van der Waals surface area contributed by atoms with E-state index in [1.807, 2.05) is 0 Å². The summed E-state index contributed by atoms with van der Waals surface area (Å²) in [5.41, 5.74) is 0. The highest BCUT2D eigenvalue weighted by molar-refractivity contribution is 4.95. The van der Waals surface area contributed by atoms with Gasteiger partial charge in [0.1, 0.15) is 24.4 Å². The van der Waals surface area contributed by atoms with Crippen molar-refractivity contribution in [3.05, 3.63) is 0 Å². The van der Waals surface area contributed by atoms with Gasteiger partial charge in [0.15, 0.2) is 0 Å². The molecule has 0 spiro atoms. The first-order chi connectivity index (χ1) is 6.46. The lowest BCUT2D eigenvalue weighted by Gasteiger charge is -2.44. The van der Waals surface area contributed by atoms with Crippen LogP contribution in [0.2, 0.25) is 0 Å². The largest absolute Gasteiger partial charge is 0.394 e. The summed E-state index contributed by atoms with van der Waals surface area (Å²) in [5, 5.41) is 54.6. The molecule has 1 aliphatic rings. The van der Waals surface area contributed by atoms with Crippen LogP contribution in [0.25, 0.3) is 0 Å². The highest BCUT2D eigenvalue weighted by atomic mass is 16.7. The molecule has 1 saturated heterocycles. The average Bonchev–Trinajstić information content (AvgIpc) is 2.20. The summed E-state index contributed by atoms with van der Waals surface area (Å²) in [5.74, 6) is -2.36. The van der Waals surface area contributed by atoms with Gasteiger partial charge in [0.05, 0.1) is 13.2 Å². The Morgan fingerprint density at radius 2 is 1.64 bits per heavy atom. The number of hydrogen-bond acceptors (Lipinski definition) is 7. The second-order valence-corrected chi connectivity index (χ2v) is 3.27. The van der Waals surface area contributed by atoms with Crippen molar-refractivity contribution in [3.8, 4) is 0 Å². The molecule has 84 valence electrons. The smallest absolute Gasteiger partial charge is 0.219 e.